The minimum Gasteiger partial charge on any atom is -0.305 e. The van der Waals surface area contributed by atoms with Crippen LogP contribution in [0.15, 0.2) is 0 Å². The van der Waals surface area contributed by atoms with Crippen LogP contribution < -0.4 is 5.32 Å². The van der Waals surface area contributed by atoms with Crippen LogP contribution in [0.3, 0.4) is 0 Å². The number of carbonyl (C=O) groups excluding carboxylic acids is 3. The third kappa shape index (κ3) is 7.39. The zero-order chi connectivity index (χ0) is 19.9. The van der Waals surface area contributed by atoms with E-state index in [-0.39, 0.29) is 22.8 Å². The number of carbonyl (C=O) groups is 3. The summed E-state index contributed by atoms with van der Waals surface area (Å²) in [5.41, 5.74) is -1.30. The predicted octanol–water partition coefficient (Wildman–Crippen LogP) is 4.49. The van der Waals surface area contributed by atoms with Gasteiger partial charge in [-0.1, -0.05) is 41.5 Å². The summed E-state index contributed by atoms with van der Waals surface area (Å²) < 4.78 is 0. The van der Waals surface area contributed by atoms with Gasteiger partial charge in [0.15, 0.2) is 5.78 Å². The SMILES string of the molecule is CCC(C)(C)C(=O)CCCNC(C)(CC)C(=O)CCC(C)(C)C(C)=O. The first-order valence-corrected chi connectivity index (χ1v) is 9.65. The fourth-order valence-corrected chi connectivity index (χ4v) is 2.45. The van der Waals surface area contributed by atoms with Crippen molar-refractivity contribution in [1.29, 1.82) is 0 Å². The van der Waals surface area contributed by atoms with Gasteiger partial charge in [0.1, 0.15) is 11.6 Å². The van der Waals surface area contributed by atoms with Crippen molar-refractivity contribution in [3.8, 4) is 0 Å². The van der Waals surface area contributed by atoms with Crippen molar-refractivity contribution in [2.75, 3.05) is 6.54 Å². The zero-order valence-corrected chi connectivity index (χ0v) is 17.7. The minimum absolute atomic E-state index is 0.114. The van der Waals surface area contributed by atoms with E-state index in [9.17, 15) is 14.4 Å². The van der Waals surface area contributed by atoms with Crippen molar-refractivity contribution in [3.63, 3.8) is 0 Å². The van der Waals surface area contributed by atoms with E-state index in [1.165, 1.54) is 0 Å². The fourth-order valence-electron chi connectivity index (χ4n) is 2.45. The van der Waals surface area contributed by atoms with Crippen LogP contribution >= 0.6 is 0 Å². The summed E-state index contributed by atoms with van der Waals surface area (Å²) in [5.74, 6) is 0.539. The van der Waals surface area contributed by atoms with Gasteiger partial charge in [-0.25, -0.2) is 0 Å². The number of rotatable bonds is 13. The maximum absolute atomic E-state index is 12.7. The maximum Gasteiger partial charge on any atom is 0.152 e. The van der Waals surface area contributed by atoms with Gasteiger partial charge >= 0.3 is 0 Å². The lowest BCUT2D eigenvalue weighted by molar-refractivity contribution is -0.128. The van der Waals surface area contributed by atoms with Crippen LogP contribution in [0.2, 0.25) is 0 Å². The van der Waals surface area contributed by atoms with Gasteiger partial charge < -0.3 is 5.32 Å². The molecular weight excluding hydrogens is 314 g/mol. The molecule has 146 valence electrons. The third-order valence-corrected chi connectivity index (χ3v) is 5.99. The molecule has 0 spiro atoms. The Bertz CT molecular complexity index is 480. The molecule has 25 heavy (non-hydrogen) atoms. The van der Waals surface area contributed by atoms with Crippen molar-refractivity contribution >= 4 is 17.3 Å². The van der Waals surface area contributed by atoms with Gasteiger partial charge in [-0.05, 0) is 46.1 Å². The first kappa shape index (κ1) is 24.0. The summed E-state index contributed by atoms with van der Waals surface area (Å²) in [6.45, 7) is 15.9. The monoisotopic (exact) mass is 353 g/mol. The molecule has 0 aliphatic rings. The molecule has 1 N–H and O–H groups in total. The molecule has 0 aromatic rings. The first-order valence-electron chi connectivity index (χ1n) is 9.65. The summed E-state index contributed by atoms with van der Waals surface area (Å²) >= 11 is 0. The largest absolute Gasteiger partial charge is 0.305 e. The Morgan fingerprint density at radius 3 is 1.80 bits per heavy atom. The molecule has 4 nitrogen and oxygen atoms in total. The molecule has 0 aliphatic heterocycles. The summed E-state index contributed by atoms with van der Waals surface area (Å²) in [7, 11) is 0. The van der Waals surface area contributed by atoms with Crippen LogP contribution in [0.25, 0.3) is 0 Å². The smallest absolute Gasteiger partial charge is 0.152 e. The molecule has 4 heteroatoms. The van der Waals surface area contributed by atoms with E-state index < -0.39 is 11.0 Å². The standard InChI is InChI=1S/C21H39NO3/c1-9-19(4,5)17(24)12-11-15-22-21(8,10-2)18(25)13-14-20(6,7)16(3)23/h22H,9-15H2,1-8H3. The Hall–Kier alpha value is -1.03. The number of hydrogen-bond acceptors (Lipinski definition) is 4. The highest BCUT2D eigenvalue weighted by Gasteiger charge is 2.33. The quantitative estimate of drug-likeness (QED) is 0.495. The highest BCUT2D eigenvalue weighted by Crippen LogP contribution is 2.26. The average molecular weight is 354 g/mol. The van der Waals surface area contributed by atoms with Crippen molar-refractivity contribution < 1.29 is 14.4 Å². The summed E-state index contributed by atoms with van der Waals surface area (Å²) in [6, 6.07) is 0. The Morgan fingerprint density at radius 1 is 0.800 bits per heavy atom. The minimum atomic E-state index is -0.587. The third-order valence-electron chi connectivity index (χ3n) is 5.99. The molecule has 0 heterocycles. The summed E-state index contributed by atoms with van der Waals surface area (Å²) in [5, 5.41) is 3.35. The summed E-state index contributed by atoms with van der Waals surface area (Å²) in [6.07, 6.45) is 3.79. The highest BCUT2D eigenvalue weighted by atomic mass is 16.1. The molecule has 0 bridgehead atoms. The van der Waals surface area contributed by atoms with E-state index in [2.05, 4.69) is 5.32 Å². The van der Waals surface area contributed by atoms with Crippen LogP contribution in [0.4, 0.5) is 0 Å². The van der Waals surface area contributed by atoms with E-state index in [4.69, 9.17) is 0 Å². The predicted molar refractivity (Wildman–Crippen MR) is 104 cm³/mol. The Morgan fingerprint density at radius 2 is 1.36 bits per heavy atom. The molecular formula is C21H39NO3. The lowest BCUT2D eigenvalue weighted by Gasteiger charge is -2.30. The molecule has 1 unspecified atom stereocenters. The van der Waals surface area contributed by atoms with Crippen molar-refractivity contribution in [1.82, 2.24) is 5.32 Å². The van der Waals surface area contributed by atoms with Crippen LogP contribution in [0.5, 0.6) is 0 Å². The number of Topliss-reactive ketones (excluding diaryl/α,β-unsaturated/α-hetero) is 3. The second-order valence-corrected chi connectivity index (χ2v) is 8.74. The molecule has 0 saturated heterocycles. The van der Waals surface area contributed by atoms with E-state index in [0.717, 1.165) is 12.8 Å². The molecule has 0 amide bonds. The second-order valence-electron chi connectivity index (χ2n) is 8.74. The van der Waals surface area contributed by atoms with E-state index in [1.807, 2.05) is 48.5 Å². The van der Waals surface area contributed by atoms with E-state index in [0.29, 0.717) is 32.2 Å². The Balaban J connectivity index is 4.52. The van der Waals surface area contributed by atoms with Gasteiger partial charge in [-0.2, -0.15) is 0 Å². The zero-order valence-electron chi connectivity index (χ0n) is 17.7. The average Bonchev–Trinajstić information content (AvgIpc) is 2.55. The van der Waals surface area contributed by atoms with Crippen molar-refractivity contribution in [3.05, 3.63) is 0 Å². The van der Waals surface area contributed by atoms with Crippen LogP contribution in [0.1, 0.15) is 93.9 Å². The normalized spacial score (nSPS) is 14.9. The van der Waals surface area contributed by atoms with Crippen molar-refractivity contribution in [2.24, 2.45) is 10.8 Å². The molecule has 0 aromatic carbocycles. The van der Waals surface area contributed by atoms with Crippen LogP contribution in [-0.2, 0) is 14.4 Å². The molecule has 1 atom stereocenters. The van der Waals surface area contributed by atoms with E-state index in [1.54, 1.807) is 6.92 Å². The summed E-state index contributed by atoms with van der Waals surface area (Å²) in [4.78, 5) is 36.5. The first-order chi connectivity index (χ1) is 11.3. The lowest BCUT2D eigenvalue weighted by Crippen LogP contribution is -2.49. The lowest BCUT2D eigenvalue weighted by atomic mass is 9.80. The molecule has 0 radical (unpaired) electrons. The van der Waals surface area contributed by atoms with Gasteiger partial charge in [0.2, 0.25) is 0 Å². The second kappa shape index (κ2) is 9.61. The van der Waals surface area contributed by atoms with Gasteiger partial charge in [0, 0.05) is 23.7 Å². The van der Waals surface area contributed by atoms with Crippen molar-refractivity contribution in [2.45, 2.75) is 99.5 Å². The fraction of sp³-hybridized carbons (Fsp3) is 0.857. The van der Waals surface area contributed by atoms with Crippen LogP contribution in [0, 0.1) is 10.8 Å². The van der Waals surface area contributed by atoms with Gasteiger partial charge in [-0.3, -0.25) is 14.4 Å². The topological polar surface area (TPSA) is 63.2 Å². The van der Waals surface area contributed by atoms with E-state index >= 15 is 0 Å². The van der Waals surface area contributed by atoms with Gasteiger partial charge in [-0.15, -0.1) is 0 Å². The molecule has 0 aromatic heterocycles. The molecule has 0 saturated carbocycles. The number of hydrogen-bond donors (Lipinski definition) is 1. The Labute approximate surface area is 154 Å². The molecule has 0 rings (SSSR count). The van der Waals surface area contributed by atoms with Gasteiger partial charge in [0.25, 0.3) is 0 Å². The number of nitrogens with one attached hydrogen (secondary N) is 1. The molecule has 0 fully saturated rings. The number of ketones is 3. The maximum atomic E-state index is 12.7. The van der Waals surface area contributed by atoms with Crippen LogP contribution in [-0.4, -0.2) is 29.4 Å². The van der Waals surface area contributed by atoms with Gasteiger partial charge in [0.05, 0.1) is 5.54 Å². The Kier molecular flexibility index (Phi) is 9.21. The molecule has 0 aliphatic carbocycles. The highest BCUT2D eigenvalue weighted by molar-refractivity contribution is 5.89.